The molecule has 1 saturated heterocycles. The summed E-state index contributed by atoms with van der Waals surface area (Å²) in [5.74, 6) is -1.63. The number of imide groups is 1. The van der Waals surface area contributed by atoms with Crippen molar-refractivity contribution in [3.8, 4) is 0 Å². The number of nitrogens with zero attached hydrogens (tertiary/aromatic N) is 1. The lowest BCUT2D eigenvalue weighted by Gasteiger charge is -2.30. The van der Waals surface area contributed by atoms with E-state index in [0.717, 1.165) is 0 Å². The van der Waals surface area contributed by atoms with Crippen molar-refractivity contribution in [2.45, 2.75) is 6.92 Å². The maximum atomic E-state index is 11.7. The number of amides is 3. The minimum Gasteiger partial charge on any atom is -0.299 e. The summed E-state index contributed by atoms with van der Waals surface area (Å²) in [6.07, 6.45) is 0. The van der Waals surface area contributed by atoms with Gasteiger partial charge in [0.05, 0.1) is 0 Å². The molecule has 1 heterocycles. The van der Waals surface area contributed by atoms with Gasteiger partial charge in [-0.25, -0.2) is 4.79 Å². The summed E-state index contributed by atoms with van der Waals surface area (Å²) in [5, 5.41) is 2.72. The van der Waals surface area contributed by atoms with Crippen molar-refractivity contribution in [3.05, 3.63) is 29.3 Å². The molecule has 0 radical (unpaired) electrons. The highest BCUT2D eigenvalue weighted by atomic mass is 35.5. The quantitative estimate of drug-likeness (QED) is 0.827. The summed E-state index contributed by atoms with van der Waals surface area (Å²) in [4.78, 5) is 35.9. The van der Waals surface area contributed by atoms with Crippen LogP contribution in [0.15, 0.2) is 24.3 Å². The Hall–Kier alpha value is -1.88. The predicted molar refractivity (Wildman–Crippen MR) is 66.5 cm³/mol. The number of halogens is 1. The van der Waals surface area contributed by atoms with E-state index in [1.54, 1.807) is 24.3 Å². The van der Waals surface area contributed by atoms with Crippen LogP contribution in [0, 0.1) is 5.92 Å². The summed E-state index contributed by atoms with van der Waals surface area (Å²) < 4.78 is 0. The fourth-order valence-electron chi connectivity index (χ4n) is 1.77. The van der Waals surface area contributed by atoms with Gasteiger partial charge in [-0.2, -0.15) is 0 Å². The number of Topliss-reactive ketones (excluding diaryl/α,β-unsaturated/α-hetero) is 1. The van der Waals surface area contributed by atoms with Crippen LogP contribution >= 0.6 is 11.6 Å². The molecule has 0 aliphatic carbocycles. The van der Waals surface area contributed by atoms with E-state index < -0.39 is 17.9 Å². The zero-order chi connectivity index (χ0) is 13.3. The maximum Gasteiger partial charge on any atom is 0.328 e. The second kappa shape index (κ2) is 4.78. The van der Waals surface area contributed by atoms with Gasteiger partial charge in [0.25, 0.3) is 0 Å². The minimum absolute atomic E-state index is 0.0572. The van der Waals surface area contributed by atoms with Gasteiger partial charge in [-0.15, -0.1) is 0 Å². The summed E-state index contributed by atoms with van der Waals surface area (Å²) in [7, 11) is 0. The van der Waals surface area contributed by atoms with E-state index in [2.05, 4.69) is 5.32 Å². The van der Waals surface area contributed by atoms with Gasteiger partial charge in [0.1, 0.15) is 11.7 Å². The number of hydrogen-bond donors (Lipinski definition) is 1. The van der Waals surface area contributed by atoms with Crippen LogP contribution in [-0.2, 0) is 9.59 Å². The molecule has 0 saturated carbocycles. The predicted octanol–water partition coefficient (Wildman–Crippen LogP) is 1.60. The van der Waals surface area contributed by atoms with Crippen molar-refractivity contribution in [2.75, 3.05) is 11.4 Å². The third-order valence-electron chi connectivity index (χ3n) is 2.79. The molecule has 94 valence electrons. The van der Waals surface area contributed by atoms with Crippen LogP contribution < -0.4 is 10.2 Å². The third-order valence-corrected chi connectivity index (χ3v) is 3.04. The molecule has 18 heavy (non-hydrogen) atoms. The Kier molecular flexibility index (Phi) is 3.34. The average Bonchev–Trinajstić information content (AvgIpc) is 2.30. The van der Waals surface area contributed by atoms with Gasteiger partial charge in [0.15, 0.2) is 0 Å². The molecule has 3 amide bonds. The molecule has 2 rings (SSSR count). The summed E-state index contributed by atoms with van der Waals surface area (Å²) in [5.41, 5.74) is 0.593. The van der Waals surface area contributed by atoms with Crippen molar-refractivity contribution >= 4 is 35.0 Å². The van der Waals surface area contributed by atoms with Gasteiger partial charge in [0.2, 0.25) is 5.91 Å². The number of nitrogens with one attached hydrogen (secondary N) is 1. The highest BCUT2D eigenvalue weighted by Crippen LogP contribution is 2.21. The van der Waals surface area contributed by atoms with Gasteiger partial charge >= 0.3 is 6.03 Å². The fourth-order valence-corrected chi connectivity index (χ4v) is 1.89. The molecular weight excluding hydrogens is 256 g/mol. The van der Waals surface area contributed by atoms with Crippen LogP contribution in [0.5, 0.6) is 0 Å². The van der Waals surface area contributed by atoms with E-state index in [9.17, 15) is 14.4 Å². The molecule has 1 fully saturated rings. The molecule has 0 bridgehead atoms. The standard InChI is InChI=1S/C12H11ClN2O3/c1-7(16)10-6-15(12(18)14-11(10)17)9-4-2-8(13)3-5-9/h2-5,10H,6H2,1H3,(H,14,17,18). The van der Waals surface area contributed by atoms with Crippen molar-refractivity contribution in [3.63, 3.8) is 0 Å². The first kappa shape index (κ1) is 12.6. The minimum atomic E-state index is -0.821. The monoisotopic (exact) mass is 266 g/mol. The first-order valence-corrected chi connectivity index (χ1v) is 5.75. The van der Waals surface area contributed by atoms with E-state index in [1.165, 1.54) is 11.8 Å². The Balaban J connectivity index is 2.27. The SMILES string of the molecule is CC(=O)C1CN(c2ccc(Cl)cc2)C(=O)NC1=O. The molecule has 1 aliphatic heterocycles. The Bertz CT molecular complexity index is 513. The van der Waals surface area contributed by atoms with Gasteiger partial charge in [-0.1, -0.05) is 11.6 Å². The van der Waals surface area contributed by atoms with Gasteiger partial charge in [-0.3, -0.25) is 19.8 Å². The van der Waals surface area contributed by atoms with Crippen LogP contribution in [0.1, 0.15) is 6.92 Å². The Labute approximate surface area is 109 Å². The maximum absolute atomic E-state index is 11.7. The van der Waals surface area contributed by atoms with E-state index in [0.29, 0.717) is 10.7 Å². The number of carbonyl (C=O) groups excluding carboxylic acids is 3. The largest absolute Gasteiger partial charge is 0.328 e. The van der Waals surface area contributed by atoms with Gasteiger partial charge < -0.3 is 0 Å². The normalized spacial score (nSPS) is 19.7. The molecule has 1 aromatic carbocycles. The molecule has 1 unspecified atom stereocenters. The van der Waals surface area contributed by atoms with Crippen LogP contribution in [-0.4, -0.2) is 24.3 Å². The van der Waals surface area contributed by atoms with Crippen LogP contribution in [0.4, 0.5) is 10.5 Å². The molecule has 5 nitrogen and oxygen atoms in total. The molecule has 1 atom stereocenters. The van der Waals surface area contributed by atoms with Crippen molar-refractivity contribution < 1.29 is 14.4 Å². The van der Waals surface area contributed by atoms with Crippen molar-refractivity contribution in [2.24, 2.45) is 5.92 Å². The van der Waals surface area contributed by atoms with Crippen molar-refractivity contribution in [1.29, 1.82) is 0 Å². The number of urea groups is 1. The summed E-state index contributed by atoms with van der Waals surface area (Å²) >= 11 is 5.76. The number of carbonyl (C=O) groups is 3. The third kappa shape index (κ3) is 2.36. The molecule has 0 aromatic heterocycles. The van der Waals surface area contributed by atoms with E-state index in [4.69, 9.17) is 11.6 Å². The lowest BCUT2D eigenvalue weighted by Crippen LogP contribution is -2.56. The molecular formula is C12H11ClN2O3. The number of ketones is 1. The highest BCUT2D eigenvalue weighted by Gasteiger charge is 2.35. The first-order valence-electron chi connectivity index (χ1n) is 5.37. The molecule has 6 heteroatoms. The number of anilines is 1. The molecule has 1 N–H and O–H groups in total. The average molecular weight is 267 g/mol. The second-order valence-corrected chi connectivity index (χ2v) is 4.48. The van der Waals surface area contributed by atoms with E-state index >= 15 is 0 Å². The molecule has 0 spiro atoms. The zero-order valence-corrected chi connectivity index (χ0v) is 10.4. The molecule has 1 aromatic rings. The van der Waals surface area contributed by atoms with Crippen LogP contribution in [0.2, 0.25) is 5.02 Å². The second-order valence-electron chi connectivity index (χ2n) is 4.04. The van der Waals surface area contributed by atoms with E-state index in [-0.39, 0.29) is 12.3 Å². The lowest BCUT2D eigenvalue weighted by atomic mass is 10.0. The topological polar surface area (TPSA) is 66.5 Å². The Morgan fingerprint density at radius 2 is 1.94 bits per heavy atom. The molecule has 1 aliphatic rings. The number of rotatable bonds is 2. The Morgan fingerprint density at radius 1 is 1.33 bits per heavy atom. The Morgan fingerprint density at radius 3 is 2.50 bits per heavy atom. The lowest BCUT2D eigenvalue weighted by molar-refractivity contribution is -0.132. The highest BCUT2D eigenvalue weighted by molar-refractivity contribution is 6.30. The van der Waals surface area contributed by atoms with Gasteiger partial charge in [-0.05, 0) is 31.2 Å². The number of benzene rings is 1. The van der Waals surface area contributed by atoms with Gasteiger partial charge in [0, 0.05) is 17.3 Å². The summed E-state index contributed by atoms with van der Waals surface area (Å²) in [6, 6.07) is 6.08. The zero-order valence-electron chi connectivity index (χ0n) is 9.64. The van der Waals surface area contributed by atoms with Crippen molar-refractivity contribution in [1.82, 2.24) is 5.32 Å². The fraction of sp³-hybridized carbons (Fsp3) is 0.250. The van der Waals surface area contributed by atoms with E-state index in [1.807, 2.05) is 0 Å². The van der Waals surface area contributed by atoms with Crippen LogP contribution in [0.25, 0.3) is 0 Å². The summed E-state index contributed by atoms with van der Waals surface area (Å²) in [6.45, 7) is 1.39. The van der Waals surface area contributed by atoms with Crippen LogP contribution in [0.3, 0.4) is 0 Å². The smallest absolute Gasteiger partial charge is 0.299 e. The number of hydrogen-bond acceptors (Lipinski definition) is 3. The first-order chi connectivity index (χ1) is 8.49.